The van der Waals surface area contributed by atoms with E-state index in [2.05, 4.69) is 6.07 Å². The minimum absolute atomic E-state index is 0.122. The summed E-state index contributed by atoms with van der Waals surface area (Å²) in [6.45, 7) is -0.513. The first kappa shape index (κ1) is 20.8. The van der Waals surface area contributed by atoms with Gasteiger partial charge in [-0.1, -0.05) is 59.6 Å². The van der Waals surface area contributed by atoms with Crippen molar-refractivity contribution in [1.29, 1.82) is 5.26 Å². The molecule has 1 aliphatic rings. The number of allylic oxidation sites excluding steroid dienone is 3. The molecule has 1 unspecified atom stereocenters. The van der Waals surface area contributed by atoms with Gasteiger partial charge in [-0.05, 0) is 42.2 Å². The molecule has 29 heavy (non-hydrogen) atoms. The SMILES string of the molecule is N#CC1(Cc2c(Cl)cc(OCC(=O)O)cc2Cl)C=CC(O)=C(c2ccccc2)C1. The van der Waals surface area contributed by atoms with Crippen LogP contribution in [0.4, 0.5) is 0 Å². The van der Waals surface area contributed by atoms with Gasteiger partial charge in [0.1, 0.15) is 11.5 Å². The Kier molecular flexibility index (Phi) is 6.17. The highest BCUT2D eigenvalue weighted by Gasteiger charge is 2.34. The average molecular weight is 430 g/mol. The molecular formula is C22H17Cl2NO4. The molecule has 7 heteroatoms. The third-order valence-corrected chi connectivity index (χ3v) is 5.35. The predicted molar refractivity (Wildman–Crippen MR) is 111 cm³/mol. The molecule has 0 radical (unpaired) electrons. The Morgan fingerprint density at radius 2 is 1.86 bits per heavy atom. The molecular weight excluding hydrogens is 413 g/mol. The summed E-state index contributed by atoms with van der Waals surface area (Å²) in [5, 5.41) is 29.6. The number of hydrogen-bond donors (Lipinski definition) is 2. The van der Waals surface area contributed by atoms with E-state index in [1.54, 1.807) is 6.08 Å². The molecule has 5 nitrogen and oxygen atoms in total. The zero-order valence-corrected chi connectivity index (χ0v) is 16.7. The van der Waals surface area contributed by atoms with Crippen LogP contribution in [-0.2, 0) is 11.2 Å². The molecule has 0 saturated heterocycles. The van der Waals surface area contributed by atoms with Gasteiger partial charge in [-0.15, -0.1) is 0 Å². The molecule has 1 aliphatic carbocycles. The number of carboxylic acid groups (broad SMARTS) is 1. The monoisotopic (exact) mass is 429 g/mol. The van der Waals surface area contributed by atoms with Crippen LogP contribution >= 0.6 is 23.2 Å². The number of nitrogens with zero attached hydrogens (tertiary/aromatic N) is 1. The first-order valence-electron chi connectivity index (χ1n) is 8.74. The Morgan fingerprint density at radius 1 is 1.21 bits per heavy atom. The largest absolute Gasteiger partial charge is 0.508 e. The quantitative estimate of drug-likeness (QED) is 0.637. The summed E-state index contributed by atoms with van der Waals surface area (Å²) in [5.74, 6) is -0.757. The van der Waals surface area contributed by atoms with Crippen LogP contribution in [0, 0.1) is 16.7 Å². The van der Waals surface area contributed by atoms with Crippen molar-refractivity contribution in [2.45, 2.75) is 12.8 Å². The van der Waals surface area contributed by atoms with E-state index in [1.807, 2.05) is 30.3 Å². The molecule has 0 aromatic heterocycles. The first-order chi connectivity index (χ1) is 13.8. The van der Waals surface area contributed by atoms with E-state index in [-0.39, 0.29) is 28.0 Å². The standard InChI is InChI=1S/C22H17Cl2NO4/c23-18-8-15(29-12-21(27)28)9-19(24)17(18)11-22(13-25)7-6-20(26)16(10-22)14-4-2-1-3-5-14/h1-9,26H,10-12H2,(H,27,28). The molecule has 2 aromatic carbocycles. The molecule has 0 amide bonds. The maximum atomic E-state index is 10.7. The number of nitriles is 1. The van der Waals surface area contributed by atoms with Crippen molar-refractivity contribution in [3.63, 3.8) is 0 Å². The van der Waals surface area contributed by atoms with Gasteiger partial charge in [-0.25, -0.2) is 4.79 Å². The Morgan fingerprint density at radius 3 is 2.45 bits per heavy atom. The minimum atomic E-state index is -1.11. The molecule has 2 aromatic rings. The number of rotatable bonds is 6. The molecule has 2 N–H and O–H groups in total. The van der Waals surface area contributed by atoms with E-state index in [4.69, 9.17) is 33.0 Å². The summed E-state index contributed by atoms with van der Waals surface area (Å²) in [7, 11) is 0. The zero-order chi connectivity index (χ0) is 21.0. The number of benzene rings is 2. The highest BCUT2D eigenvalue weighted by atomic mass is 35.5. The van der Waals surface area contributed by atoms with Crippen LogP contribution < -0.4 is 4.74 Å². The van der Waals surface area contributed by atoms with E-state index < -0.39 is 18.0 Å². The lowest BCUT2D eigenvalue weighted by molar-refractivity contribution is -0.139. The third kappa shape index (κ3) is 4.73. The van der Waals surface area contributed by atoms with E-state index in [1.165, 1.54) is 18.2 Å². The van der Waals surface area contributed by atoms with Crippen LogP contribution in [0.15, 0.2) is 60.4 Å². The Balaban J connectivity index is 1.90. The van der Waals surface area contributed by atoms with Gasteiger partial charge in [0.15, 0.2) is 6.61 Å². The van der Waals surface area contributed by atoms with Gasteiger partial charge in [0, 0.05) is 15.6 Å². The summed E-state index contributed by atoms with van der Waals surface area (Å²) in [6, 6.07) is 14.7. The van der Waals surface area contributed by atoms with E-state index in [0.29, 0.717) is 17.6 Å². The number of aliphatic hydroxyl groups excluding tert-OH is 1. The third-order valence-electron chi connectivity index (χ3n) is 4.68. The van der Waals surface area contributed by atoms with Crippen LogP contribution in [0.3, 0.4) is 0 Å². The summed E-state index contributed by atoms with van der Waals surface area (Å²) < 4.78 is 5.13. The minimum Gasteiger partial charge on any atom is -0.508 e. The normalized spacial score (nSPS) is 18.4. The van der Waals surface area contributed by atoms with Gasteiger partial charge < -0.3 is 14.9 Å². The van der Waals surface area contributed by atoms with Gasteiger partial charge in [-0.3, -0.25) is 0 Å². The molecule has 0 heterocycles. The van der Waals surface area contributed by atoms with Gasteiger partial charge in [0.05, 0.1) is 11.5 Å². The van der Waals surface area contributed by atoms with Gasteiger partial charge in [-0.2, -0.15) is 5.26 Å². The van der Waals surface area contributed by atoms with Gasteiger partial charge >= 0.3 is 5.97 Å². The van der Waals surface area contributed by atoms with Crippen LogP contribution in [0.1, 0.15) is 17.5 Å². The lowest BCUT2D eigenvalue weighted by Crippen LogP contribution is -2.23. The van der Waals surface area contributed by atoms with Crippen LogP contribution in [-0.4, -0.2) is 22.8 Å². The maximum absolute atomic E-state index is 10.7. The number of halogens is 2. The summed E-state index contributed by atoms with van der Waals surface area (Å²) in [6.07, 6.45) is 3.71. The average Bonchev–Trinajstić information content (AvgIpc) is 2.71. The lowest BCUT2D eigenvalue weighted by atomic mass is 9.73. The van der Waals surface area contributed by atoms with Crippen molar-refractivity contribution in [3.8, 4) is 11.8 Å². The predicted octanol–water partition coefficient (Wildman–Crippen LogP) is 5.44. The second-order valence-corrected chi connectivity index (χ2v) is 7.55. The second kappa shape index (κ2) is 8.60. The molecule has 3 rings (SSSR count). The topological polar surface area (TPSA) is 90.5 Å². The van der Waals surface area contributed by atoms with E-state index in [9.17, 15) is 15.2 Å². The summed E-state index contributed by atoms with van der Waals surface area (Å²) in [5.41, 5.74) is 1.11. The maximum Gasteiger partial charge on any atom is 0.341 e. The van der Waals surface area contributed by atoms with Gasteiger partial charge in [0.25, 0.3) is 0 Å². The van der Waals surface area contributed by atoms with Gasteiger partial charge in [0.2, 0.25) is 0 Å². The van der Waals surface area contributed by atoms with Crippen molar-refractivity contribution >= 4 is 34.7 Å². The Hall–Kier alpha value is -2.94. The molecule has 0 fully saturated rings. The van der Waals surface area contributed by atoms with Crippen LogP contribution in [0.25, 0.3) is 5.57 Å². The fraction of sp³-hybridized carbons (Fsp3) is 0.182. The fourth-order valence-electron chi connectivity index (χ4n) is 3.22. The van der Waals surface area contributed by atoms with Crippen molar-refractivity contribution in [3.05, 3.63) is 81.5 Å². The van der Waals surface area contributed by atoms with Crippen LogP contribution in [0.2, 0.25) is 10.0 Å². The Bertz CT molecular complexity index is 1020. The number of ether oxygens (including phenoxy) is 1. The fourth-order valence-corrected chi connectivity index (χ4v) is 3.82. The second-order valence-electron chi connectivity index (χ2n) is 6.73. The van der Waals surface area contributed by atoms with Crippen molar-refractivity contribution < 1.29 is 19.7 Å². The molecule has 0 spiro atoms. The molecule has 0 bridgehead atoms. The number of aliphatic hydroxyl groups is 1. The number of aliphatic carboxylic acids is 1. The molecule has 148 valence electrons. The van der Waals surface area contributed by atoms with E-state index >= 15 is 0 Å². The lowest BCUT2D eigenvalue weighted by Gasteiger charge is -2.29. The highest BCUT2D eigenvalue weighted by Crippen LogP contribution is 2.43. The first-order valence-corrected chi connectivity index (χ1v) is 9.50. The smallest absolute Gasteiger partial charge is 0.341 e. The number of carbonyl (C=O) groups is 1. The molecule has 1 atom stereocenters. The summed E-state index contributed by atoms with van der Waals surface area (Å²) in [4.78, 5) is 10.7. The van der Waals surface area contributed by atoms with Crippen LogP contribution in [0.5, 0.6) is 5.75 Å². The molecule has 0 saturated carbocycles. The Labute approximate surface area is 178 Å². The summed E-state index contributed by atoms with van der Waals surface area (Å²) >= 11 is 12.7. The molecule has 0 aliphatic heterocycles. The number of carboxylic acids is 1. The van der Waals surface area contributed by atoms with Crippen molar-refractivity contribution in [1.82, 2.24) is 0 Å². The zero-order valence-electron chi connectivity index (χ0n) is 15.2. The van der Waals surface area contributed by atoms with Crippen molar-refractivity contribution in [2.24, 2.45) is 5.41 Å². The number of hydrogen-bond acceptors (Lipinski definition) is 4. The van der Waals surface area contributed by atoms with Crippen molar-refractivity contribution in [2.75, 3.05) is 6.61 Å². The van der Waals surface area contributed by atoms with E-state index in [0.717, 1.165) is 5.56 Å². The highest BCUT2D eigenvalue weighted by molar-refractivity contribution is 6.36.